The van der Waals surface area contributed by atoms with Gasteiger partial charge in [-0.1, -0.05) is 25.3 Å². The molecule has 0 aliphatic carbocycles. The van der Waals surface area contributed by atoms with Crippen LogP contribution in [0.25, 0.3) is 10.9 Å². The molecule has 1 aromatic carbocycles. The van der Waals surface area contributed by atoms with Gasteiger partial charge in [-0.15, -0.1) is 0 Å². The smallest absolute Gasteiger partial charge is 0.254 e. The molecule has 100 valence electrons. The molecule has 1 N–H and O–H groups in total. The molecule has 3 heteroatoms. The number of benzene rings is 1. The van der Waals surface area contributed by atoms with Gasteiger partial charge < -0.3 is 9.88 Å². The number of carbonyl (C=O) groups is 1. The second-order valence-electron chi connectivity index (χ2n) is 5.30. The molecule has 2 heterocycles. The van der Waals surface area contributed by atoms with Gasteiger partial charge in [-0.05, 0) is 31.0 Å². The number of aromatic nitrogens is 1. The highest BCUT2D eigenvalue weighted by Crippen LogP contribution is 2.20. The molecule has 0 radical (unpaired) electrons. The zero-order valence-electron chi connectivity index (χ0n) is 11.2. The lowest BCUT2D eigenvalue weighted by atomic mass is 10.1. The van der Waals surface area contributed by atoms with Crippen molar-refractivity contribution in [2.24, 2.45) is 0 Å². The molecule has 1 aliphatic heterocycles. The van der Waals surface area contributed by atoms with Crippen molar-refractivity contribution in [2.45, 2.75) is 32.1 Å². The Balaban J connectivity index is 1.87. The van der Waals surface area contributed by atoms with Crippen molar-refractivity contribution in [3.05, 3.63) is 36.0 Å². The normalized spacial score (nSPS) is 17.2. The average Bonchev–Trinajstić information content (AvgIpc) is 2.85. The molecule has 0 bridgehead atoms. The summed E-state index contributed by atoms with van der Waals surface area (Å²) in [5, 5.41) is 1.04. The Bertz CT molecular complexity index is 565. The van der Waals surface area contributed by atoms with Crippen LogP contribution in [-0.2, 0) is 0 Å². The molecule has 0 spiro atoms. The lowest BCUT2D eigenvalue weighted by molar-refractivity contribution is 0.0744. The zero-order valence-corrected chi connectivity index (χ0v) is 11.2. The van der Waals surface area contributed by atoms with Crippen molar-refractivity contribution >= 4 is 16.8 Å². The maximum absolute atomic E-state index is 12.7. The summed E-state index contributed by atoms with van der Waals surface area (Å²) in [6, 6.07) is 7.90. The van der Waals surface area contributed by atoms with Crippen LogP contribution in [0, 0.1) is 0 Å². The van der Waals surface area contributed by atoms with Crippen LogP contribution in [0.3, 0.4) is 0 Å². The fourth-order valence-corrected chi connectivity index (χ4v) is 2.89. The minimum Gasteiger partial charge on any atom is -0.361 e. The highest BCUT2D eigenvalue weighted by atomic mass is 16.2. The Kier molecular flexibility index (Phi) is 3.53. The number of rotatable bonds is 1. The van der Waals surface area contributed by atoms with Crippen molar-refractivity contribution in [2.75, 3.05) is 13.1 Å². The molecule has 1 fully saturated rings. The molecule has 3 nitrogen and oxygen atoms in total. The van der Waals surface area contributed by atoms with E-state index in [-0.39, 0.29) is 5.91 Å². The van der Waals surface area contributed by atoms with Crippen LogP contribution >= 0.6 is 0 Å². The van der Waals surface area contributed by atoms with E-state index in [9.17, 15) is 4.79 Å². The molecular weight excluding hydrogens is 236 g/mol. The van der Waals surface area contributed by atoms with Crippen LogP contribution < -0.4 is 0 Å². The third-order valence-electron chi connectivity index (χ3n) is 3.97. The molecule has 3 rings (SSSR count). The van der Waals surface area contributed by atoms with Crippen LogP contribution in [0.2, 0.25) is 0 Å². The van der Waals surface area contributed by atoms with Crippen LogP contribution in [-0.4, -0.2) is 28.9 Å². The second-order valence-corrected chi connectivity index (χ2v) is 5.30. The fourth-order valence-electron chi connectivity index (χ4n) is 2.89. The summed E-state index contributed by atoms with van der Waals surface area (Å²) in [5.74, 6) is 0.187. The topological polar surface area (TPSA) is 36.1 Å². The Morgan fingerprint density at radius 1 is 1.00 bits per heavy atom. The first-order valence-electron chi connectivity index (χ1n) is 7.21. The van der Waals surface area contributed by atoms with Crippen LogP contribution in [0.15, 0.2) is 30.5 Å². The molecule has 19 heavy (non-hydrogen) atoms. The second kappa shape index (κ2) is 5.47. The van der Waals surface area contributed by atoms with E-state index < -0.39 is 0 Å². The average molecular weight is 256 g/mol. The molecule has 0 saturated carbocycles. The van der Waals surface area contributed by atoms with Gasteiger partial charge in [0.1, 0.15) is 0 Å². The zero-order chi connectivity index (χ0) is 13.1. The summed E-state index contributed by atoms with van der Waals surface area (Å²) in [5.41, 5.74) is 1.87. The van der Waals surface area contributed by atoms with Crippen molar-refractivity contribution in [1.82, 2.24) is 9.88 Å². The molecule has 1 amide bonds. The van der Waals surface area contributed by atoms with Gasteiger partial charge in [-0.3, -0.25) is 4.79 Å². The van der Waals surface area contributed by atoms with Crippen molar-refractivity contribution < 1.29 is 4.79 Å². The summed E-state index contributed by atoms with van der Waals surface area (Å²) >= 11 is 0. The first kappa shape index (κ1) is 12.3. The number of nitrogens with zero attached hydrogens (tertiary/aromatic N) is 1. The molecule has 2 aromatic rings. The van der Waals surface area contributed by atoms with E-state index in [0.29, 0.717) is 0 Å². The Labute approximate surface area is 113 Å². The number of nitrogens with one attached hydrogen (secondary N) is 1. The summed E-state index contributed by atoms with van der Waals surface area (Å²) in [6.07, 6.45) is 7.98. The predicted molar refractivity (Wildman–Crippen MR) is 77.3 cm³/mol. The standard InChI is InChI=1S/C16H20N2O/c19-16(18-11-4-2-1-3-5-12-18)14-7-6-8-15-13(14)9-10-17-15/h6-10,17H,1-5,11-12H2. The number of likely N-dealkylation sites (tertiary alicyclic amines) is 1. The highest BCUT2D eigenvalue weighted by Gasteiger charge is 2.18. The molecule has 1 aromatic heterocycles. The summed E-state index contributed by atoms with van der Waals surface area (Å²) in [7, 11) is 0. The van der Waals surface area contributed by atoms with Gasteiger partial charge in [-0.2, -0.15) is 0 Å². The van der Waals surface area contributed by atoms with E-state index in [1.54, 1.807) is 0 Å². The van der Waals surface area contributed by atoms with Gasteiger partial charge in [0.25, 0.3) is 5.91 Å². The molecule has 1 saturated heterocycles. The Hall–Kier alpha value is -1.77. The number of amides is 1. The van der Waals surface area contributed by atoms with Crippen LogP contribution in [0.1, 0.15) is 42.5 Å². The minimum absolute atomic E-state index is 0.187. The van der Waals surface area contributed by atoms with Crippen molar-refractivity contribution in [3.8, 4) is 0 Å². The summed E-state index contributed by atoms with van der Waals surface area (Å²) < 4.78 is 0. The third kappa shape index (κ3) is 2.50. The number of carbonyl (C=O) groups excluding carboxylic acids is 1. The molecule has 0 atom stereocenters. The summed E-state index contributed by atoms with van der Waals surface area (Å²) in [6.45, 7) is 1.80. The van der Waals surface area contributed by atoms with Gasteiger partial charge in [0.2, 0.25) is 0 Å². The molecular formula is C16H20N2O. The van der Waals surface area contributed by atoms with Crippen LogP contribution in [0.5, 0.6) is 0 Å². The molecule has 0 unspecified atom stereocenters. The maximum Gasteiger partial charge on any atom is 0.254 e. The molecule has 1 aliphatic rings. The minimum atomic E-state index is 0.187. The first-order valence-corrected chi connectivity index (χ1v) is 7.21. The van der Waals surface area contributed by atoms with Gasteiger partial charge in [0.05, 0.1) is 0 Å². The number of hydrogen-bond acceptors (Lipinski definition) is 1. The van der Waals surface area contributed by atoms with E-state index in [4.69, 9.17) is 0 Å². The predicted octanol–water partition coefficient (Wildman–Crippen LogP) is 3.57. The summed E-state index contributed by atoms with van der Waals surface area (Å²) in [4.78, 5) is 17.9. The van der Waals surface area contributed by atoms with Gasteiger partial charge in [0.15, 0.2) is 0 Å². The van der Waals surface area contributed by atoms with E-state index >= 15 is 0 Å². The van der Waals surface area contributed by atoms with Crippen molar-refractivity contribution in [1.29, 1.82) is 0 Å². The van der Waals surface area contributed by atoms with Crippen molar-refractivity contribution in [3.63, 3.8) is 0 Å². The highest BCUT2D eigenvalue weighted by molar-refractivity contribution is 6.06. The van der Waals surface area contributed by atoms with E-state index in [2.05, 4.69) is 4.98 Å². The Morgan fingerprint density at radius 3 is 2.53 bits per heavy atom. The number of aromatic amines is 1. The van der Waals surface area contributed by atoms with Gasteiger partial charge >= 0.3 is 0 Å². The van der Waals surface area contributed by atoms with E-state index in [1.807, 2.05) is 35.4 Å². The SMILES string of the molecule is O=C(c1cccc2[nH]ccc12)N1CCCCCCC1. The maximum atomic E-state index is 12.7. The third-order valence-corrected chi connectivity index (χ3v) is 3.97. The van der Waals surface area contributed by atoms with Gasteiger partial charge in [-0.25, -0.2) is 0 Å². The lowest BCUT2D eigenvalue weighted by Gasteiger charge is -2.25. The first-order chi connectivity index (χ1) is 9.36. The quantitative estimate of drug-likeness (QED) is 0.832. The Morgan fingerprint density at radius 2 is 1.74 bits per heavy atom. The van der Waals surface area contributed by atoms with E-state index in [0.717, 1.165) is 42.4 Å². The monoisotopic (exact) mass is 256 g/mol. The largest absolute Gasteiger partial charge is 0.361 e. The lowest BCUT2D eigenvalue weighted by Crippen LogP contribution is -2.33. The number of H-pyrrole nitrogens is 1. The fraction of sp³-hybridized carbons (Fsp3) is 0.438. The number of fused-ring (bicyclic) bond motifs is 1. The van der Waals surface area contributed by atoms with Crippen LogP contribution in [0.4, 0.5) is 0 Å². The van der Waals surface area contributed by atoms with Gasteiger partial charge in [0, 0.05) is 35.8 Å². The number of hydrogen-bond donors (Lipinski definition) is 1. The van der Waals surface area contributed by atoms with E-state index in [1.165, 1.54) is 19.3 Å².